The van der Waals surface area contributed by atoms with Crippen LogP contribution in [0.5, 0.6) is 0 Å². The van der Waals surface area contributed by atoms with E-state index >= 15 is 0 Å². The second-order valence-electron chi connectivity index (χ2n) is 2.91. The molecule has 0 aliphatic carbocycles. The van der Waals surface area contributed by atoms with E-state index < -0.39 is 0 Å². The van der Waals surface area contributed by atoms with Gasteiger partial charge in [-0.1, -0.05) is 0 Å². The van der Waals surface area contributed by atoms with E-state index in [0.717, 1.165) is 17.0 Å². The van der Waals surface area contributed by atoms with Crippen molar-refractivity contribution < 1.29 is 0 Å². The first-order valence-corrected chi connectivity index (χ1v) is 4.96. The molecule has 0 unspecified atom stereocenters. The van der Waals surface area contributed by atoms with Crippen LogP contribution in [0.15, 0.2) is 35.3 Å². The fraction of sp³-hybridized carbons (Fsp3) is 0.100. The molecule has 0 amide bonds. The van der Waals surface area contributed by atoms with Crippen molar-refractivity contribution in [3.63, 3.8) is 0 Å². The van der Waals surface area contributed by atoms with E-state index in [9.17, 15) is 0 Å². The standard InChI is InChI=1S/C10H8BrN3/c1-7-5-9(14-10(11)13-7)8-3-2-4-12-6-8/h2-6H,1H3. The molecular formula is C10H8BrN3. The molecule has 14 heavy (non-hydrogen) atoms. The summed E-state index contributed by atoms with van der Waals surface area (Å²) in [4.78, 5) is 12.5. The smallest absolute Gasteiger partial charge is 0.197 e. The Bertz CT molecular complexity index is 422. The minimum Gasteiger partial charge on any atom is -0.264 e. The quantitative estimate of drug-likeness (QED) is 0.730. The van der Waals surface area contributed by atoms with Crippen LogP contribution >= 0.6 is 15.9 Å². The molecule has 0 saturated heterocycles. The maximum Gasteiger partial charge on any atom is 0.197 e. The van der Waals surface area contributed by atoms with E-state index in [1.807, 2.05) is 25.1 Å². The molecule has 0 aliphatic heterocycles. The van der Waals surface area contributed by atoms with Gasteiger partial charge in [-0.25, -0.2) is 9.97 Å². The van der Waals surface area contributed by atoms with Gasteiger partial charge in [-0.05, 0) is 41.1 Å². The molecule has 70 valence electrons. The van der Waals surface area contributed by atoms with Crippen molar-refractivity contribution in [2.24, 2.45) is 0 Å². The molecule has 0 bridgehead atoms. The topological polar surface area (TPSA) is 38.7 Å². The highest BCUT2D eigenvalue weighted by Crippen LogP contribution is 2.17. The first kappa shape index (κ1) is 9.27. The summed E-state index contributed by atoms with van der Waals surface area (Å²) in [6.07, 6.45) is 3.53. The van der Waals surface area contributed by atoms with Crippen LogP contribution in [0.1, 0.15) is 5.69 Å². The van der Waals surface area contributed by atoms with E-state index in [1.54, 1.807) is 12.4 Å². The van der Waals surface area contributed by atoms with Crippen molar-refractivity contribution >= 4 is 15.9 Å². The lowest BCUT2D eigenvalue weighted by atomic mass is 10.2. The maximum atomic E-state index is 4.27. The van der Waals surface area contributed by atoms with Crippen molar-refractivity contribution in [2.45, 2.75) is 6.92 Å². The molecule has 2 heterocycles. The molecule has 0 radical (unpaired) electrons. The molecular weight excluding hydrogens is 242 g/mol. The predicted octanol–water partition coefficient (Wildman–Crippen LogP) is 2.61. The van der Waals surface area contributed by atoms with Gasteiger partial charge in [0.25, 0.3) is 0 Å². The minimum atomic E-state index is 0.608. The van der Waals surface area contributed by atoms with Gasteiger partial charge >= 0.3 is 0 Å². The van der Waals surface area contributed by atoms with Gasteiger partial charge < -0.3 is 0 Å². The van der Waals surface area contributed by atoms with Gasteiger partial charge in [0.1, 0.15) is 0 Å². The van der Waals surface area contributed by atoms with Gasteiger partial charge in [0, 0.05) is 23.7 Å². The van der Waals surface area contributed by atoms with Crippen LogP contribution in [0.3, 0.4) is 0 Å². The van der Waals surface area contributed by atoms with Crippen molar-refractivity contribution in [2.75, 3.05) is 0 Å². The highest BCUT2D eigenvalue weighted by Gasteiger charge is 2.01. The molecule has 0 aromatic carbocycles. The van der Waals surface area contributed by atoms with Crippen molar-refractivity contribution in [3.8, 4) is 11.3 Å². The Morgan fingerprint density at radius 1 is 1.29 bits per heavy atom. The Balaban J connectivity index is 2.52. The zero-order chi connectivity index (χ0) is 9.97. The van der Waals surface area contributed by atoms with Crippen LogP contribution in [0.25, 0.3) is 11.3 Å². The molecule has 0 atom stereocenters. The third-order valence-electron chi connectivity index (χ3n) is 1.78. The third-order valence-corrected chi connectivity index (χ3v) is 2.14. The van der Waals surface area contributed by atoms with Gasteiger partial charge in [-0.15, -0.1) is 0 Å². The molecule has 3 nitrogen and oxygen atoms in total. The highest BCUT2D eigenvalue weighted by atomic mass is 79.9. The van der Waals surface area contributed by atoms with Crippen molar-refractivity contribution in [3.05, 3.63) is 41.0 Å². The van der Waals surface area contributed by atoms with E-state index in [-0.39, 0.29) is 0 Å². The van der Waals surface area contributed by atoms with Gasteiger partial charge in [0.2, 0.25) is 0 Å². The van der Waals surface area contributed by atoms with Crippen molar-refractivity contribution in [1.82, 2.24) is 15.0 Å². The second-order valence-corrected chi connectivity index (χ2v) is 3.61. The summed E-state index contributed by atoms with van der Waals surface area (Å²) in [5.74, 6) is 0. The minimum absolute atomic E-state index is 0.608. The Morgan fingerprint density at radius 2 is 2.14 bits per heavy atom. The third kappa shape index (κ3) is 1.96. The first-order valence-electron chi connectivity index (χ1n) is 4.17. The normalized spacial score (nSPS) is 10.1. The van der Waals surface area contributed by atoms with Crippen LogP contribution < -0.4 is 0 Å². The molecule has 0 saturated carbocycles. The fourth-order valence-electron chi connectivity index (χ4n) is 1.19. The summed E-state index contributed by atoms with van der Waals surface area (Å²) in [5, 5.41) is 0. The van der Waals surface area contributed by atoms with Gasteiger partial charge in [-0.3, -0.25) is 4.98 Å². The maximum absolute atomic E-state index is 4.27. The molecule has 2 aromatic heterocycles. The second kappa shape index (κ2) is 3.84. The van der Waals surface area contributed by atoms with Crippen LogP contribution in [-0.4, -0.2) is 15.0 Å². The van der Waals surface area contributed by atoms with Gasteiger partial charge in [-0.2, -0.15) is 0 Å². The fourth-order valence-corrected chi connectivity index (χ4v) is 1.67. The van der Waals surface area contributed by atoms with E-state index in [4.69, 9.17) is 0 Å². The number of halogens is 1. The summed E-state index contributed by atoms with van der Waals surface area (Å²) >= 11 is 3.27. The van der Waals surface area contributed by atoms with Gasteiger partial charge in [0.05, 0.1) is 5.69 Å². The first-order chi connectivity index (χ1) is 6.75. The SMILES string of the molecule is Cc1cc(-c2cccnc2)nc(Br)n1. The monoisotopic (exact) mass is 249 g/mol. The van der Waals surface area contributed by atoms with Crippen LogP contribution in [-0.2, 0) is 0 Å². The number of rotatable bonds is 1. The summed E-state index contributed by atoms with van der Waals surface area (Å²) < 4.78 is 0.608. The van der Waals surface area contributed by atoms with E-state index in [1.165, 1.54) is 0 Å². The number of hydrogen-bond acceptors (Lipinski definition) is 3. The molecule has 4 heteroatoms. The molecule has 0 aliphatic rings. The number of nitrogens with zero attached hydrogens (tertiary/aromatic N) is 3. The van der Waals surface area contributed by atoms with Crippen molar-refractivity contribution in [1.29, 1.82) is 0 Å². The zero-order valence-corrected chi connectivity index (χ0v) is 9.19. The average molecular weight is 250 g/mol. The lowest BCUT2D eigenvalue weighted by Gasteiger charge is -2.01. The van der Waals surface area contributed by atoms with E-state index in [0.29, 0.717) is 4.73 Å². The lowest BCUT2D eigenvalue weighted by Crippen LogP contribution is -1.90. The molecule has 0 spiro atoms. The summed E-state index contributed by atoms with van der Waals surface area (Å²) in [5.41, 5.74) is 2.82. The number of aryl methyl sites for hydroxylation is 1. The summed E-state index contributed by atoms with van der Waals surface area (Å²) in [7, 11) is 0. The lowest BCUT2D eigenvalue weighted by molar-refractivity contribution is 1.06. The molecule has 2 rings (SSSR count). The summed E-state index contributed by atoms with van der Waals surface area (Å²) in [6.45, 7) is 1.94. The van der Waals surface area contributed by atoms with E-state index in [2.05, 4.69) is 30.9 Å². The zero-order valence-electron chi connectivity index (χ0n) is 7.61. The number of hydrogen-bond donors (Lipinski definition) is 0. The van der Waals surface area contributed by atoms with Crippen LogP contribution in [0.2, 0.25) is 0 Å². The highest BCUT2D eigenvalue weighted by molar-refractivity contribution is 9.10. The molecule has 0 fully saturated rings. The Morgan fingerprint density at radius 3 is 2.79 bits per heavy atom. The average Bonchev–Trinajstić information content (AvgIpc) is 2.18. The molecule has 2 aromatic rings. The molecule has 0 N–H and O–H groups in total. The van der Waals surface area contributed by atoms with Gasteiger partial charge in [0.15, 0.2) is 4.73 Å². The Hall–Kier alpha value is -1.29. The Kier molecular flexibility index (Phi) is 2.54. The summed E-state index contributed by atoms with van der Waals surface area (Å²) in [6, 6.07) is 5.80. The van der Waals surface area contributed by atoms with Crippen LogP contribution in [0.4, 0.5) is 0 Å². The van der Waals surface area contributed by atoms with Crippen LogP contribution in [0, 0.1) is 6.92 Å². The number of pyridine rings is 1. The Labute approximate surface area is 90.4 Å². The number of aromatic nitrogens is 3. The predicted molar refractivity (Wildman–Crippen MR) is 57.7 cm³/mol. The largest absolute Gasteiger partial charge is 0.264 e.